The third-order valence-electron chi connectivity index (χ3n) is 2.01. The van der Waals surface area contributed by atoms with E-state index in [2.05, 4.69) is 5.32 Å². The summed E-state index contributed by atoms with van der Waals surface area (Å²) in [4.78, 5) is 22.9. The minimum absolute atomic E-state index is 0.417. The van der Waals surface area contributed by atoms with Gasteiger partial charge in [0.2, 0.25) is 0 Å². The molecule has 2 amide bonds. The lowest BCUT2D eigenvalue weighted by molar-refractivity contribution is -0.123. The Kier molecular flexibility index (Phi) is 2.54. The van der Waals surface area contributed by atoms with E-state index in [4.69, 9.17) is 23.4 Å². The van der Waals surface area contributed by atoms with Crippen LogP contribution in [0.25, 0.3) is 0 Å². The topological polar surface area (TPSA) is 49.4 Å². The van der Waals surface area contributed by atoms with E-state index < -0.39 is 17.2 Å². The number of carbonyl (C=O) groups is 2. The molecular formula is C9H6Cl2N2O2. The van der Waals surface area contributed by atoms with Crippen LogP contribution in [0.3, 0.4) is 0 Å². The van der Waals surface area contributed by atoms with Crippen LogP contribution < -0.4 is 9.74 Å². The summed E-state index contributed by atoms with van der Waals surface area (Å²) in [5.41, 5.74) is 0.884. The quantitative estimate of drug-likeness (QED) is 0.430. The third-order valence-corrected chi connectivity index (χ3v) is 2.75. The first-order valence-electron chi connectivity index (χ1n) is 4.15. The number of anilines is 2. The summed E-state index contributed by atoms with van der Waals surface area (Å²) in [5.74, 6) is -1.22. The van der Waals surface area contributed by atoms with Crippen molar-refractivity contribution in [3.63, 3.8) is 0 Å². The maximum absolute atomic E-state index is 11.5. The summed E-state index contributed by atoms with van der Waals surface area (Å²) >= 11 is 11.4. The van der Waals surface area contributed by atoms with Gasteiger partial charge in [-0.2, -0.15) is 0 Å². The van der Waals surface area contributed by atoms with E-state index in [0.29, 0.717) is 11.4 Å². The first-order chi connectivity index (χ1) is 7.11. The second-order valence-corrected chi connectivity index (χ2v) is 3.76. The maximum Gasteiger partial charge on any atom is 0.269 e. The monoisotopic (exact) mass is 244 g/mol. The van der Waals surface area contributed by atoms with Crippen LogP contribution >= 0.6 is 23.4 Å². The molecule has 1 unspecified atom stereocenters. The smallest absolute Gasteiger partial charge is 0.269 e. The molecule has 0 fully saturated rings. The van der Waals surface area contributed by atoms with E-state index in [1.54, 1.807) is 24.3 Å². The maximum atomic E-state index is 11.5. The molecule has 15 heavy (non-hydrogen) atoms. The Morgan fingerprint density at radius 2 is 1.93 bits per heavy atom. The van der Waals surface area contributed by atoms with Crippen LogP contribution in [0.15, 0.2) is 24.3 Å². The molecule has 0 aromatic heterocycles. The molecule has 1 heterocycles. The standard InChI is InChI=1S/C9H6Cl2N2O2/c10-7-8(14)12-5-3-1-2-4-6(5)13(11)9(7)15/h1-4,7H,(H,12,14). The van der Waals surface area contributed by atoms with Gasteiger partial charge >= 0.3 is 0 Å². The average Bonchev–Trinajstić information content (AvgIpc) is 2.32. The van der Waals surface area contributed by atoms with Crippen molar-refractivity contribution in [1.29, 1.82) is 0 Å². The molecule has 1 aliphatic heterocycles. The number of carbonyl (C=O) groups excluding carboxylic acids is 2. The number of nitrogens with zero attached hydrogens (tertiary/aromatic N) is 1. The minimum atomic E-state index is -1.30. The van der Waals surface area contributed by atoms with Gasteiger partial charge in [-0.25, -0.2) is 4.42 Å². The number of hydrogen-bond donors (Lipinski definition) is 1. The van der Waals surface area contributed by atoms with E-state index in [9.17, 15) is 9.59 Å². The lowest BCUT2D eigenvalue weighted by atomic mass is 10.2. The largest absolute Gasteiger partial charge is 0.322 e. The highest BCUT2D eigenvalue weighted by molar-refractivity contribution is 6.51. The Morgan fingerprint density at radius 3 is 2.67 bits per heavy atom. The van der Waals surface area contributed by atoms with Crippen LogP contribution in [0.5, 0.6) is 0 Å². The fourth-order valence-electron chi connectivity index (χ4n) is 1.28. The molecule has 1 aromatic carbocycles. The molecule has 1 atom stereocenters. The second kappa shape index (κ2) is 3.72. The van der Waals surface area contributed by atoms with Crippen LogP contribution in [-0.4, -0.2) is 17.2 Å². The Hall–Kier alpha value is -1.26. The Morgan fingerprint density at radius 1 is 1.27 bits per heavy atom. The number of fused-ring (bicyclic) bond motifs is 1. The van der Waals surface area contributed by atoms with Crippen LogP contribution in [0.2, 0.25) is 0 Å². The number of nitrogens with one attached hydrogen (secondary N) is 1. The molecule has 0 bridgehead atoms. The zero-order valence-corrected chi connectivity index (χ0v) is 8.92. The van der Waals surface area contributed by atoms with Crippen molar-refractivity contribution >= 4 is 46.6 Å². The molecule has 0 saturated carbocycles. The Balaban J connectivity index is 2.53. The van der Waals surface area contributed by atoms with Gasteiger partial charge in [0.1, 0.15) is 0 Å². The van der Waals surface area contributed by atoms with Gasteiger partial charge in [0.05, 0.1) is 11.4 Å². The van der Waals surface area contributed by atoms with Gasteiger partial charge in [-0.05, 0) is 12.1 Å². The average molecular weight is 245 g/mol. The molecule has 1 aromatic rings. The van der Waals surface area contributed by atoms with Crippen molar-refractivity contribution in [2.75, 3.05) is 9.74 Å². The van der Waals surface area contributed by atoms with E-state index in [0.717, 1.165) is 4.42 Å². The van der Waals surface area contributed by atoms with Gasteiger partial charge in [0.15, 0.2) is 5.38 Å². The fraction of sp³-hybridized carbons (Fsp3) is 0.111. The van der Waals surface area contributed by atoms with Gasteiger partial charge in [-0.1, -0.05) is 12.1 Å². The molecule has 78 valence electrons. The zero-order valence-electron chi connectivity index (χ0n) is 7.41. The second-order valence-electron chi connectivity index (χ2n) is 2.99. The van der Waals surface area contributed by atoms with E-state index in [1.165, 1.54) is 0 Å². The van der Waals surface area contributed by atoms with E-state index >= 15 is 0 Å². The van der Waals surface area contributed by atoms with Crippen molar-refractivity contribution in [2.45, 2.75) is 5.38 Å². The minimum Gasteiger partial charge on any atom is -0.322 e. The van der Waals surface area contributed by atoms with E-state index in [-0.39, 0.29) is 0 Å². The molecule has 0 aliphatic carbocycles. The number of benzene rings is 1. The summed E-state index contributed by atoms with van der Waals surface area (Å²) in [6.07, 6.45) is 0. The molecule has 6 heteroatoms. The van der Waals surface area contributed by atoms with Gasteiger partial charge < -0.3 is 5.32 Å². The van der Waals surface area contributed by atoms with E-state index in [1.807, 2.05) is 0 Å². The Bertz CT molecular complexity index is 436. The molecule has 2 rings (SSSR count). The summed E-state index contributed by atoms with van der Waals surface area (Å²) in [6.45, 7) is 0. The van der Waals surface area contributed by atoms with Gasteiger partial charge in [0, 0.05) is 11.8 Å². The lowest BCUT2D eigenvalue weighted by Crippen LogP contribution is -2.34. The van der Waals surface area contributed by atoms with Crippen molar-refractivity contribution < 1.29 is 9.59 Å². The van der Waals surface area contributed by atoms with Crippen LogP contribution in [0.1, 0.15) is 0 Å². The molecular weight excluding hydrogens is 239 g/mol. The first kappa shape index (κ1) is 10.3. The summed E-state index contributed by atoms with van der Waals surface area (Å²) in [7, 11) is 0. The van der Waals surface area contributed by atoms with Crippen LogP contribution in [0.4, 0.5) is 11.4 Å². The number of amides is 2. The summed E-state index contributed by atoms with van der Waals surface area (Å²) in [6, 6.07) is 6.70. The number of halogens is 2. The molecule has 1 aliphatic rings. The fourth-order valence-corrected chi connectivity index (χ4v) is 1.72. The van der Waals surface area contributed by atoms with Crippen molar-refractivity contribution in [3.05, 3.63) is 24.3 Å². The van der Waals surface area contributed by atoms with Crippen molar-refractivity contribution in [3.8, 4) is 0 Å². The molecule has 0 spiro atoms. The highest BCUT2D eigenvalue weighted by Gasteiger charge is 2.33. The lowest BCUT2D eigenvalue weighted by Gasteiger charge is -2.13. The summed E-state index contributed by atoms with van der Waals surface area (Å²) in [5, 5.41) is 1.22. The molecule has 0 saturated heterocycles. The molecule has 1 N–H and O–H groups in total. The SMILES string of the molecule is O=C1Nc2ccccc2N(Cl)C(=O)C1Cl. The van der Waals surface area contributed by atoms with Crippen molar-refractivity contribution in [1.82, 2.24) is 0 Å². The number of alkyl halides is 1. The molecule has 4 nitrogen and oxygen atoms in total. The number of para-hydroxylation sites is 2. The third kappa shape index (κ3) is 1.66. The van der Waals surface area contributed by atoms with Crippen LogP contribution in [0, 0.1) is 0 Å². The highest BCUT2D eigenvalue weighted by Crippen LogP contribution is 2.31. The Labute approximate surface area is 95.9 Å². The predicted octanol–water partition coefficient (Wildman–Crippen LogP) is 1.73. The van der Waals surface area contributed by atoms with Gasteiger partial charge in [0.25, 0.3) is 11.8 Å². The predicted molar refractivity (Wildman–Crippen MR) is 58.1 cm³/mol. The van der Waals surface area contributed by atoms with Crippen molar-refractivity contribution in [2.24, 2.45) is 0 Å². The zero-order chi connectivity index (χ0) is 11.0. The van der Waals surface area contributed by atoms with Crippen LogP contribution in [-0.2, 0) is 9.59 Å². The first-order valence-corrected chi connectivity index (χ1v) is 4.92. The normalized spacial score (nSPS) is 20.7. The van der Waals surface area contributed by atoms with Gasteiger partial charge in [-0.3, -0.25) is 9.59 Å². The summed E-state index contributed by atoms with van der Waals surface area (Å²) < 4.78 is 0.852. The molecule has 0 radical (unpaired) electrons. The highest BCUT2D eigenvalue weighted by atomic mass is 35.5. The van der Waals surface area contributed by atoms with Gasteiger partial charge in [-0.15, -0.1) is 11.6 Å². The number of hydrogen-bond acceptors (Lipinski definition) is 2. The number of rotatable bonds is 0.